The standard InChI is InChI=1S/C20H19N3O3/c1-25-17-8-6-14(7-9-17)23-20(24)19-13-16(10-11-21-19)22-15-4-3-5-18(12-15)26-2/h3-13H,1-2H3,(H,21,22)(H,23,24). The fraction of sp³-hybridized carbons (Fsp3) is 0.100. The Kier molecular flexibility index (Phi) is 5.34. The van der Waals surface area contributed by atoms with Crippen LogP contribution in [0.15, 0.2) is 66.9 Å². The Morgan fingerprint density at radius 1 is 0.846 bits per heavy atom. The molecule has 0 aliphatic carbocycles. The first-order valence-electron chi connectivity index (χ1n) is 8.00. The van der Waals surface area contributed by atoms with Crippen LogP contribution in [0.5, 0.6) is 11.5 Å². The second-order valence-corrected chi connectivity index (χ2v) is 5.47. The van der Waals surface area contributed by atoms with Crippen molar-refractivity contribution in [2.24, 2.45) is 0 Å². The largest absolute Gasteiger partial charge is 0.497 e. The maximum absolute atomic E-state index is 12.4. The Morgan fingerprint density at radius 3 is 2.31 bits per heavy atom. The highest BCUT2D eigenvalue weighted by Crippen LogP contribution is 2.22. The number of amides is 1. The Morgan fingerprint density at radius 2 is 1.58 bits per heavy atom. The molecule has 0 aliphatic rings. The number of methoxy groups -OCH3 is 2. The quantitative estimate of drug-likeness (QED) is 0.701. The molecule has 2 N–H and O–H groups in total. The predicted molar refractivity (Wildman–Crippen MR) is 101 cm³/mol. The van der Waals surface area contributed by atoms with Crippen molar-refractivity contribution in [1.82, 2.24) is 4.98 Å². The van der Waals surface area contributed by atoms with Crippen molar-refractivity contribution < 1.29 is 14.3 Å². The van der Waals surface area contributed by atoms with Crippen LogP contribution in [0.4, 0.5) is 17.1 Å². The Balaban J connectivity index is 1.72. The van der Waals surface area contributed by atoms with Gasteiger partial charge in [0, 0.05) is 29.3 Å². The van der Waals surface area contributed by atoms with Crippen molar-refractivity contribution in [2.75, 3.05) is 24.9 Å². The molecule has 0 unspecified atom stereocenters. The molecule has 6 nitrogen and oxygen atoms in total. The summed E-state index contributed by atoms with van der Waals surface area (Å²) in [4.78, 5) is 16.6. The number of aromatic nitrogens is 1. The number of pyridine rings is 1. The lowest BCUT2D eigenvalue weighted by Gasteiger charge is -2.10. The molecule has 1 aromatic heterocycles. The van der Waals surface area contributed by atoms with Crippen LogP contribution in [0.1, 0.15) is 10.5 Å². The van der Waals surface area contributed by atoms with Crippen molar-refractivity contribution in [3.8, 4) is 11.5 Å². The lowest BCUT2D eigenvalue weighted by atomic mass is 10.2. The molecular formula is C20H19N3O3. The molecule has 132 valence electrons. The number of carbonyl (C=O) groups excluding carboxylic acids is 1. The van der Waals surface area contributed by atoms with Crippen molar-refractivity contribution in [3.05, 3.63) is 72.6 Å². The molecule has 0 radical (unpaired) electrons. The first-order valence-corrected chi connectivity index (χ1v) is 8.00. The smallest absolute Gasteiger partial charge is 0.274 e. The van der Waals surface area contributed by atoms with E-state index in [1.165, 1.54) is 0 Å². The third-order valence-electron chi connectivity index (χ3n) is 3.70. The molecule has 2 aromatic carbocycles. The van der Waals surface area contributed by atoms with Gasteiger partial charge in [-0.3, -0.25) is 9.78 Å². The molecule has 3 rings (SSSR count). The monoisotopic (exact) mass is 349 g/mol. The third-order valence-corrected chi connectivity index (χ3v) is 3.70. The lowest BCUT2D eigenvalue weighted by Crippen LogP contribution is -2.13. The lowest BCUT2D eigenvalue weighted by molar-refractivity contribution is 0.102. The van der Waals surface area contributed by atoms with Gasteiger partial charge in [-0.1, -0.05) is 6.07 Å². The first kappa shape index (κ1) is 17.3. The zero-order valence-corrected chi connectivity index (χ0v) is 14.5. The summed E-state index contributed by atoms with van der Waals surface area (Å²) in [6.45, 7) is 0. The number of nitrogens with zero attached hydrogens (tertiary/aromatic N) is 1. The van der Waals surface area contributed by atoms with Gasteiger partial charge in [-0.15, -0.1) is 0 Å². The van der Waals surface area contributed by atoms with Crippen LogP contribution < -0.4 is 20.1 Å². The normalized spacial score (nSPS) is 10.1. The van der Waals surface area contributed by atoms with Crippen molar-refractivity contribution >= 4 is 23.0 Å². The molecule has 0 saturated carbocycles. The summed E-state index contributed by atoms with van der Waals surface area (Å²) in [6.07, 6.45) is 1.59. The zero-order chi connectivity index (χ0) is 18.4. The summed E-state index contributed by atoms with van der Waals surface area (Å²) in [5.41, 5.74) is 2.60. The van der Waals surface area contributed by atoms with E-state index in [0.29, 0.717) is 11.4 Å². The van der Waals surface area contributed by atoms with E-state index < -0.39 is 0 Å². The Hall–Kier alpha value is -3.54. The minimum atomic E-state index is -0.288. The summed E-state index contributed by atoms with van der Waals surface area (Å²) in [5.74, 6) is 1.19. The van der Waals surface area contributed by atoms with Gasteiger partial charge < -0.3 is 20.1 Å². The van der Waals surface area contributed by atoms with Gasteiger partial charge >= 0.3 is 0 Å². The first-order chi connectivity index (χ1) is 12.7. The van der Waals surface area contributed by atoms with Gasteiger partial charge in [-0.2, -0.15) is 0 Å². The van der Waals surface area contributed by atoms with Gasteiger partial charge in [0.05, 0.1) is 14.2 Å². The van der Waals surface area contributed by atoms with Crippen LogP contribution >= 0.6 is 0 Å². The highest BCUT2D eigenvalue weighted by Gasteiger charge is 2.09. The van der Waals surface area contributed by atoms with Gasteiger partial charge in [0.1, 0.15) is 17.2 Å². The van der Waals surface area contributed by atoms with Crippen LogP contribution in [0.3, 0.4) is 0 Å². The van der Waals surface area contributed by atoms with E-state index >= 15 is 0 Å². The van der Waals surface area contributed by atoms with Crippen LogP contribution in [0.25, 0.3) is 0 Å². The molecular weight excluding hydrogens is 330 g/mol. The highest BCUT2D eigenvalue weighted by molar-refractivity contribution is 6.03. The number of benzene rings is 2. The summed E-state index contributed by atoms with van der Waals surface area (Å²) >= 11 is 0. The number of nitrogens with one attached hydrogen (secondary N) is 2. The SMILES string of the molecule is COc1ccc(NC(=O)c2cc(Nc3cccc(OC)c3)ccn2)cc1. The molecule has 1 heterocycles. The third kappa shape index (κ3) is 4.30. The van der Waals surface area contributed by atoms with Gasteiger partial charge in [-0.05, 0) is 48.5 Å². The van der Waals surface area contributed by atoms with Gasteiger partial charge in [-0.25, -0.2) is 0 Å². The molecule has 1 amide bonds. The number of carbonyl (C=O) groups is 1. The summed E-state index contributed by atoms with van der Waals surface area (Å²) in [7, 11) is 3.21. The minimum Gasteiger partial charge on any atom is -0.497 e. The number of ether oxygens (including phenoxy) is 2. The van der Waals surface area contributed by atoms with E-state index in [1.807, 2.05) is 24.3 Å². The second kappa shape index (κ2) is 8.02. The van der Waals surface area contributed by atoms with E-state index in [4.69, 9.17) is 9.47 Å². The van der Waals surface area contributed by atoms with Gasteiger partial charge in [0.25, 0.3) is 5.91 Å². The summed E-state index contributed by atoms with van der Waals surface area (Å²) in [5, 5.41) is 6.05. The fourth-order valence-electron chi connectivity index (χ4n) is 2.37. The Labute approximate surface area is 151 Å². The molecule has 3 aromatic rings. The fourth-order valence-corrected chi connectivity index (χ4v) is 2.37. The summed E-state index contributed by atoms with van der Waals surface area (Å²) in [6, 6.07) is 18.1. The van der Waals surface area contributed by atoms with E-state index in [2.05, 4.69) is 15.6 Å². The minimum absolute atomic E-state index is 0.288. The van der Waals surface area contributed by atoms with Crippen LogP contribution in [0.2, 0.25) is 0 Å². The Bertz CT molecular complexity index is 895. The van der Waals surface area contributed by atoms with Crippen LogP contribution in [-0.4, -0.2) is 25.1 Å². The van der Waals surface area contributed by atoms with Crippen LogP contribution in [0, 0.1) is 0 Å². The molecule has 0 bridgehead atoms. The molecule has 26 heavy (non-hydrogen) atoms. The second-order valence-electron chi connectivity index (χ2n) is 5.47. The van der Waals surface area contributed by atoms with E-state index in [9.17, 15) is 4.79 Å². The van der Waals surface area contributed by atoms with Crippen molar-refractivity contribution in [1.29, 1.82) is 0 Å². The molecule has 0 fully saturated rings. The average molecular weight is 349 g/mol. The number of anilines is 3. The topological polar surface area (TPSA) is 72.5 Å². The zero-order valence-electron chi connectivity index (χ0n) is 14.5. The van der Waals surface area contributed by atoms with E-state index in [0.717, 1.165) is 22.9 Å². The predicted octanol–water partition coefficient (Wildman–Crippen LogP) is 4.09. The molecule has 0 saturated heterocycles. The van der Waals surface area contributed by atoms with Gasteiger partial charge in [0.2, 0.25) is 0 Å². The van der Waals surface area contributed by atoms with E-state index in [-0.39, 0.29) is 5.91 Å². The summed E-state index contributed by atoms with van der Waals surface area (Å²) < 4.78 is 10.3. The molecule has 6 heteroatoms. The molecule has 0 spiro atoms. The number of hydrogen-bond acceptors (Lipinski definition) is 5. The van der Waals surface area contributed by atoms with E-state index in [1.54, 1.807) is 56.8 Å². The maximum Gasteiger partial charge on any atom is 0.274 e. The number of hydrogen-bond donors (Lipinski definition) is 2. The molecule has 0 atom stereocenters. The highest BCUT2D eigenvalue weighted by atomic mass is 16.5. The van der Waals surface area contributed by atoms with Gasteiger partial charge in [0.15, 0.2) is 0 Å². The maximum atomic E-state index is 12.4. The van der Waals surface area contributed by atoms with Crippen molar-refractivity contribution in [3.63, 3.8) is 0 Å². The molecule has 0 aliphatic heterocycles. The number of rotatable bonds is 6. The van der Waals surface area contributed by atoms with Crippen LogP contribution in [-0.2, 0) is 0 Å². The average Bonchev–Trinajstić information content (AvgIpc) is 2.69. The van der Waals surface area contributed by atoms with Crippen molar-refractivity contribution in [2.45, 2.75) is 0 Å².